The van der Waals surface area contributed by atoms with Crippen LogP contribution >= 0.6 is 11.3 Å². The first-order chi connectivity index (χ1) is 13.6. The minimum atomic E-state index is -0.107. The summed E-state index contributed by atoms with van der Waals surface area (Å²) in [6.45, 7) is 6.80. The zero-order chi connectivity index (χ0) is 19.7. The molecule has 0 radical (unpaired) electrons. The minimum Gasteiger partial charge on any atom is -0.352 e. The number of nitrogens with one attached hydrogen (secondary N) is 1. The Bertz CT molecular complexity index is 927. The van der Waals surface area contributed by atoms with Gasteiger partial charge in [-0.05, 0) is 70.5 Å². The number of amides is 1. The first-order valence-electron chi connectivity index (χ1n) is 10.6. The van der Waals surface area contributed by atoms with Gasteiger partial charge in [0.1, 0.15) is 17.2 Å². The highest BCUT2D eigenvalue weighted by Crippen LogP contribution is 2.34. The molecule has 1 saturated heterocycles. The molecule has 1 amide bonds. The zero-order valence-corrected chi connectivity index (χ0v) is 17.7. The molecule has 152 valence electrons. The number of carbonyl (C=O) groups is 1. The van der Waals surface area contributed by atoms with Gasteiger partial charge in [-0.1, -0.05) is 6.92 Å². The highest BCUT2D eigenvalue weighted by molar-refractivity contribution is 7.18. The van der Waals surface area contributed by atoms with Crippen LogP contribution in [0.3, 0.4) is 0 Å². The average Bonchev–Trinajstić information content (AvgIpc) is 3.31. The molecule has 0 saturated carbocycles. The summed E-state index contributed by atoms with van der Waals surface area (Å²) in [5.41, 5.74) is 1.16. The molecule has 1 aliphatic carbocycles. The molecule has 2 aromatic heterocycles. The number of likely N-dealkylation sites (tertiary alicyclic amines) is 1. The molecule has 1 atom stereocenters. The van der Waals surface area contributed by atoms with Crippen molar-refractivity contribution in [3.8, 4) is 0 Å². The smallest absolute Gasteiger partial charge is 0.263 e. The van der Waals surface area contributed by atoms with Crippen LogP contribution in [0.4, 0.5) is 0 Å². The summed E-state index contributed by atoms with van der Waals surface area (Å²) in [7, 11) is 0. The van der Waals surface area contributed by atoms with Crippen LogP contribution in [0.5, 0.6) is 0 Å². The van der Waals surface area contributed by atoms with Crippen molar-refractivity contribution < 1.29 is 4.79 Å². The van der Waals surface area contributed by atoms with E-state index in [1.165, 1.54) is 29.7 Å². The predicted octanol–water partition coefficient (Wildman–Crippen LogP) is 2.85. The maximum atomic E-state index is 13.5. The summed E-state index contributed by atoms with van der Waals surface area (Å²) in [5.74, 6) is 0.627. The van der Waals surface area contributed by atoms with Crippen molar-refractivity contribution in [2.75, 3.05) is 13.1 Å². The lowest BCUT2D eigenvalue weighted by Crippen LogP contribution is -2.39. The largest absolute Gasteiger partial charge is 0.352 e. The fraction of sp³-hybridized carbons (Fsp3) is 0.667. The summed E-state index contributed by atoms with van der Waals surface area (Å²) in [5, 5.41) is 3.76. The zero-order valence-electron chi connectivity index (χ0n) is 16.9. The second-order valence-corrected chi connectivity index (χ2v) is 9.25. The van der Waals surface area contributed by atoms with Crippen molar-refractivity contribution in [2.24, 2.45) is 0 Å². The van der Waals surface area contributed by atoms with E-state index in [0.29, 0.717) is 6.54 Å². The van der Waals surface area contributed by atoms with Crippen LogP contribution in [-0.4, -0.2) is 39.5 Å². The summed E-state index contributed by atoms with van der Waals surface area (Å²) < 4.78 is 1.64. The second-order valence-electron chi connectivity index (χ2n) is 8.17. The van der Waals surface area contributed by atoms with Crippen LogP contribution < -0.4 is 10.9 Å². The summed E-state index contributed by atoms with van der Waals surface area (Å²) in [6, 6.07) is 0.107. The second kappa shape index (κ2) is 8.33. The van der Waals surface area contributed by atoms with Crippen molar-refractivity contribution in [3.05, 3.63) is 26.6 Å². The molecule has 0 spiro atoms. The highest BCUT2D eigenvalue weighted by atomic mass is 32.1. The molecule has 0 bridgehead atoms. The van der Waals surface area contributed by atoms with Crippen molar-refractivity contribution >= 4 is 27.5 Å². The number of aromatic nitrogens is 2. The van der Waals surface area contributed by atoms with Gasteiger partial charge >= 0.3 is 0 Å². The quantitative estimate of drug-likeness (QED) is 0.807. The molecule has 4 rings (SSSR count). The van der Waals surface area contributed by atoms with Gasteiger partial charge in [0, 0.05) is 10.9 Å². The van der Waals surface area contributed by atoms with E-state index >= 15 is 0 Å². The Kier molecular flexibility index (Phi) is 5.83. The summed E-state index contributed by atoms with van der Waals surface area (Å²) in [4.78, 5) is 35.5. The third-order valence-electron chi connectivity index (χ3n) is 6.04. The molecular formula is C21H30N4O2S. The summed E-state index contributed by atoms with van der Waals surface area (Å²) >= 11 is 1.68. The topological polar surface area (TPSA) is 67.2 Å². The Hall–Kier alpha value is -1.73. The van der Waals surface area contributed by atoms with Crippen molar-refractivity contribution in [1.29, 1.82) is 0 Å². The monoisotopic (exact) mass is 402 g/mol. The number of hydrogen-bond donors (Lipinski definition) is 1. The molecule has 28 heavy (non-hydrogen) atoms. The van der Waals surface area contributed by atoms with Crippen LogP contribution in [0.2, 0.25) is 0 Å². The van der Waals surface area contributed by atoms with E-state index in [4.69, 9.17) is 4.98 Å². The molecule has 2 aliphatic rings. The molecular weight excluding hydrogens is 372 g/mol. The van der Waals surface area contributed by atoms with Gasteiger partial charge in [-0.25, -0.2) is 4.98 Å². The van der Waals surface area contributed by atoms with Gasteiger partial charge in [0.25, 0.3) is 5.56 Å². The maximum Gasteiger partial charge on any atom is 0.263 e. The number of carbonyl (C=O) groups excluding carboxylic acids is 1. The highest BCUT2D eigenvalue weighted by Gasteiger charge is 2.24. The standard InChI is InChI=1S/C21H30N4O2S/c1-3-14(2)22-18(26)13-25-17(12-24-10-6-7-11-24)23-20-19(21(25)27)15-8-4-5-9-16(15)28-20/h14H,3-13H2,1-2H3,(H,22,26). The Labute approximate surface area is 169 Å². The van der Waals surface area contributed by atoms with E-state index in [0.717, 1.165) is 54.8 Å². The Morgan fingerprint density at radius 3 is 2.71 bits per heavy atom. The minimum absolute atomic E-state index is 0.0297. The number of fused-ring (bicyclic) bond motifs is 3. The maximum absolute atomic E-state index is 13.5. The molecule has 1 aliphatic heterocycles. The van der Waals surface area contributed by atoms with Gasteiger partial charge in [0.2, 0.25) is 5.91 Å². The normalized spacial score (nSPS) is 18.4. The van der Waals surface area contributed by atoms with Crippen LogP contribution in [-0.2, 0) is 30.7 Å². The number of rotatable bonds is 6. The van der Waals surface area contributed by atoms with Gasteiger partial charge in [-0.15, -0.1) is 11.3 Å². The van der Waals surface area contributed by atoms with Gasteiger partial charge in [-0.3, -0.25) is 19.1 Å². The van der Waals surface area contributed by atoms with Crippen LogP contribution in [0, 0.1) is 0 Å². The van der Waals surface area contributed by atoms with Gasteiger partial charge in [0.05, 0.1) is 11.9 Å². The number of aryl methyl sites for hydroxylation is 2. The van der Waals surface area contributed by atoms with E-state index < -0.39 is 0 Å². The van der Waals surface area contributed by atoms with Gasteiger partial charge < -0.3 is 5.32 Å². The first kappa shape index (κ1) is 19.6. The van der Waals surface area contributed by atoms with Crippen LogP contribution in [0.15, 0.2) is 4.79 Å². The average molecular weight is 403 g/mol. The van der Waals surface area contributed by atoms with E-state index in [-0.39, 0.29) is 24.1 Å². The van der Waals surface area contributed by atoms with Crippen molar-refractivity contribution in [1.82, 2.24) is 19.8 Å². The Balaban J connectivity index is 1.75. The molecule has 3 heterocycles. The van der Waals surface area contributed by atoms with Gasteiger partial charge in [0.15, 0.2) is 0 Å². The SMILES string of the molecule is CCC(C)NC(=O)Cn1c(CN2CCCC2)nc2sc3c(c2c1=O)CCCC3. The van der Waals surface area contributed by atoms with E-state index in [9.17, 15) is 9.59 Å². The number of hydrogen-bond acceptors (Lipinski definition) is 5. The molecule has 0 aromatic carbocycles. The number of nitrogens with zero attached hydrogens (tertiary/aromatic N) is 3. The molecule has 2 aromatic rings. The van der Waals surface area contributed by atoms with E-state index in [1.807, 2.05) is 13.8 Å². The fourth-order valence-electron chi connectivity index (χ4n) is 4.27. The fourth-order valence-corrected chi connectivity index (χ4v) is 5.54. The van der Waals surface area contributed by atoms with E-state index in [2.05, 4.69) is 10.2 Å². The number of thiophene rings is 1. The Morgan fingerprint density at radius 2 is 1.96 bits per heavy atom. The molecule has 1 N–H and O–H groups in total. The van der Waals surface area contributed by atoms with Crippen LogP contribution in [0.1, 0.15) is 62.2 Å². The van der Waals surface area contributed by atoms with Gasteiger partial charge in [-0.2, -0.15) is 0 Å². The van der Waals surface area contributed by atoms with E-state index in [1.54, 1.807) is 15.9 Å². The third kappa shape index (κ3) is 3.87. The lowest BCUT2D eigenvalue weighted by Gasteiger charge is -2.19. The molecule has 6 nitrogen and oxygen atoms in total. The summed E-state index contributed by atoms with van der Waals surface area (Å²) in [6.07, 6.45) is 7.57. The third-order valence-corrected chi connectivity index (χ3v) is 7.22. The predicted molar refractivity (Wildman–Crippen MR) is 113 cm³/mol. The lowest BCUT2D eigenvalue weighted by molar-refractivity contribution is -0.122. The molecule has 7 heteroatoms. The lowest BCUT2D eigenvalue weighted by atomic mass is 9.97. The van der Waals surface area contributed by atoms with Crippen molar-refractivity contribution in [3.63, 3.8) is 0 Å². The molecule has 1 unspecified atom stereocenters. The Morgan fingerprint density at radius 1 is 1.21 bits per heavy atom. The van der Waals surface area contributed by atoms with Crippen molar-refractivity contribution in [2.45, 2.75) is 77.9 Å². The van der Waals surface area contributed by atoms with Crippen LogP contribution in [0.25, 0.3) is 10.2 Å². The molecule has 1 fully saturated rings. The first-order valence-corrected chi connectivity index (χ1v) is 11.4.